The minimum absolute atomic E-state index is 0.0159. The van der Waals surface area contributed by atoms with Crippen molar-refractivity contribution in [3.8, 4) is 5.69 Å². The summed E-state index contributed by atoms with van der Waals surface area (Å²) >= 11 is 6.34. The Morgan fingerprint density at radius 3 is 2.37 bits per heavy atom. The molecule has 1 amide bonds. The van der Waals surface area contributed by atoms with Crippen molar-refractivity contribution in [1.29, 1.82) is 0 Å². The van der Waals surface area contributed by atoms with Gasteiger partial charge in [0.2, 0.25) is 0 Å². The molecule has 1 aromatic carbocycles. The summed E-state index contributed by atoms with van der Waals surface area (Å²) in [5, 5.41) is 13.0. The Balaban J connectivity index is 1.87. The SMILES string of the molecule is CCc1nc(C(=O)NCC2(O)CCC(C)CC2)c(Cl)n1-c1c(F)cc(CC(C)C(F)(F)F)cc1F. The number of halogens is 6. The Morgan fingerprint density at radius 2 is 1.86 bits per heavy atom. The lowest BCUT2D eigenvalue weighted by molar-refractivity contribution is -0.169. The number of aromatic nitrogens is 2. The molecule has 35 heavy (non-hydrogen) atoms. The fourth-order valence-electron chi connectivity index (χ4n) is 4.28. The van der Waals surface area contributed by atoms with Crippen LogP contribution in [0.2, 0.25) is 5.15 Å². The average molecular weight is 522 g/mol. The molecule has 2 aromatic rings. The van der Waals surface area contributed by atoms with Gasteiger partial charge in [-0.2, -0.15) is 13.2 Å². The highest BCUT2D eigenvalue weighted by molar-refractivity contribution is 6.32. The van der Waals surface area contributed by atoms with E-state index in [4.69, 9.17) is 11.6 Å². The minimum atomic E-state index is -4.50. The van der Waals surface area contributed by atoms with Crippen molar-refractivity contribution in [3.05, 3.63) is 46.0 Å². The molecule has 194 valence electrons. The van der Waals surface area contributed by atoms with Gasteiger partial charge < -0.3 is 10.4 Å². The second kappa shape index (κ2) is 10.4. The molecule has 0 saturated heterocycles. The summed E-state index contributed by atoms with van der Waals surface area (Å²) in [5.41, 5.74) is -2.09. The van der Waals surface area contributed by atoms with Gasteiger partial charge in [-0.1, -0.05) is 32.4 Å². The Bertz CT molecular complexity index is 1050. The maximum atomic E-state index is 15.0. The van der Waals surface area contributed by atoms with E-state index in [1.807, 2.05) is 0 Å². The molecule has 1 atom stereocenters. The summed E-state index contributed by atoms with van der Waals surface area (Å²) < 4.78 is 69.5. The predicted octanol–water partition coefficient (Wildman–Crippen LogP) is 5.78. The number of carbonyl (C=O) groups excluding carboxylic acids is 1. The normalized spacial score (nSPS) is 21.7. The number of carbonyl (C=O) groups is 1. The number of alkyl halides is 3. The molecule has 1 aliphatic rings. The number of rotatable bonds is 7. The third kappa shape index (κ3) is 6.14. The molecule has 0 radical (unpaired) electrons. The van der Waals surface area contributed by atoms with Crippen molar-refractivity contribution in [2.75, 3.05) is 6.54 Å². The van der Waals surface area contributed by atoms with E-state index in [2.05, 4.69) is 17.2 Å². The number of benzene rings is 1. The van der Waals surface area contributed by atoms with E-state index in [1.54, 1.807) is 6.92 Å². The van der Waals surface area contributed by atoms with Gasteiger partial charge in [-0.05, 0) is 55.7 Å². The quantitative estimate of drug-likeness (QED) is 0.454. The van der Waals surface area contributed by atoms with Crippen LogP contribution in [0.3, 0.4) is 0 Å². The number of imidazole rings is 1. The molecule has 1 saturated carbocycles. The van der Waals surface area contributed by atoms with Gasteiger partial charge in [-0.3, -0.25) is 9.36 Å². The highest BCUT2D eigenvalue weighted by Crippen LogP contribution is 2.33. The first-order valence-corrected chi connectivity index (χ1v) is 12.0. The maximum absolute atomic E-state index is 15.0. The van der Waals surface area contributed by atoms with Crippen molar-refractivity contribution >= 4 is 17.5 Å². The van der Waals surface area contributed by atoms with Gasteiger partial charge >= 0.3 is 6.18 Å². The summed E-state index contributed by atoms with van der Waals surface area (Å²) in [6.45, 7) is 4.66. The van der Waals surface area contributed by atoms with E-state index in [9.17, 15) is 31.9 Å². The average Bonchev–Trinajstić information content (AvgIpc) is 3.09. The summed E-state index contributed by atoms with van der Waals surface area (Å²) in [4.78, 5) is 16.9. The molecule has 2 N–H and O–H groups in total. The van der Waals surface area contributed by atoms with Crippen LogP contribution >= 0.6 is 11.6 Å². The van der Waals surface area contributed by atoms with Gasteiger partial charge in [0.15, 0.2) is 17.3 Å². The molecule has 1 unspecified atom stereocenters. The van der Waals surface area contributed by atoms with Gasteiger partial charge in [0, 0.05) is 13.0 Å². The van der Waals surface area contributed by atoms with Crippen molar-refractivity contribution in [3.63, 3.8) is 0 Å². The lowest BCUT2D eigenvalue weighted by atomic mass is 9.79. The van der Waals surface area contributed by atoms with E-state index in [0.29, 0.717) is 18.8 Å². The minimum Gasteiger partial charge on any atom is -0.388 e. The topological polar surface area (TPSA) is 67.2 Å². The van der Waals surface area contributed by atoms with E-state index >= 15 is 0 Å². The number of amides is 1. The molecule has 1 fully saturated rings. The molecule has 1 heterocycles. The van der Waals surface area contributed by atoms with Gasteiger partial charge in [-0.25, -0.2) is 13.8 Å². The zero-order valence-corrected chi connectivity index (χ0v) is 20.5. The van der Waals surface area contributed by atoms with Gasteiger partial charge in [0.1, 0.15) is 16.7 Å². The van der Waals surface area contributed by atoms with Crippen molar-refractivity contribution in [2.45, 2.75) is 71.1 Å². The molecular formula is C24H29ClF5N3O2. The lowest BCUT2D eigenvalue weighted by Crippen LogP contribution is -2.45. The Morgan fingerprint density at radius 1 is 1.29 bits per heavy atom. The first-order chi connectivity index (χ1) is 16.3. The molecule has 1 aliphatic carbocycles. The highest BCUT2D eigenvalue weighted by atomic mass is 35.5. The number of aryl methyl sites for hydroxylation is 1. The standard InChI is InChI=1S/C24H29ClF5N3O2/c1-4-18-32-19(22(34)31-12-23(35)7-5-13(2)6-8-23)21(25)33(18)20-16(26)10-15(11-17(20)27)9-14(3)24(28,29)30/h10-11,13-14,35H,4-9,12H2,1-3H3,(H,31,34). The smallest absolute Gasteiger partial charge is 0.388 e. The third-order valence-electron chi connectivity index (χ3n) is 6.61. The molecule has 0 bridgehead atoms. The summed E-state index contributed by atoms with van der Waals surface area (Å²) in [7, 11) is 0. The van der Waals surface area contributed by atoms with Crippen LogP contribution in [0.15, 0.2) is 12.1 Å². The molecule has 1 aromatic heterocycles. The molecular weight excluding hydrogens is 493 g/mol. The fourth-order valence-corrected chi connectivity index (χ4v) is 4.59. The monoisotopic (exact) mass is 521 g/mol. The first kappa shape index (κ1) is 27.4. The Hall–Kier alpha value is -2.20. The Labute approximate surface area is 205 Å². The van der Waals surface area contributed by atoms with Crippen molar-refractivity contribution < 1.29 is 31.9 Å². The molecule has 0 aliphatic heterocycles. The van der Waals surface area contributed by atoms with Crippen LogP contribution in [0.5, 0.6) is 0 Å². The number of hydrogen-bond acceptors (Lipinski definition) is 3. The zero-order chi connectivity index (χ0) is 26.1. The number of nitrogens with zero attached hydrogens (tertiary/aromatic N) is 2. The largest absolute Gasteiger partial charge is 0.391 e. The number of nitrogens with one attached hydrogen (secondary N) is 1. The summed E-state index contributed by atoms with van der Waals surface area (Å²) in [6, 6.07) is 1.66. The summed E-state index contributed by atoms with van der Waals surface area (Å²) in [5.74, 6) is -4.14. The van der Waals surface area contributed by atoms with Crippen LogP contribution in [0.25, 0.3) is 5.69 Å². The molecule has 11 heteroatoms. The van der Waals surface area contributed by atoms with Crippen LogP contribution in [0.1, 0.15) is 68.3 Å². The fraction of sp³-hybridized carbons (Fsp3) is 0.583. The van der Waals surface area contributed by atoms with Crippen LogP contribution in [-0.2, 0) is 12.8 Å². The zero-order valence-electron chi connectivity index (χ0n) is 19.8. The highest BCUT2D eigenvalue weighted by Gasteiger charge is 2.36. The van der Waals surface area contributed by atoms with E-state index in [0.717, 1.165) is 36.5 Å². The molecule has 5 nitrogen and oxygen atoms in total. The van der Waals surface area contributed by atoms with Gasteiger partial charge in [0.25, 0.3) is 5.91 Å². The maximum Gasteiger partial charge on any atom is 0.391 e. The second-order valence-corrected chi connectivity index (χ2v) is 9.86. The lowest BCUT2D eigenvalue weighted by Gasteiger charge is -2.34. The van der Waals surface area contributed by atoms with Gasteiger partial charge in [-0.15, -0.1) is 0 Å². The second-order valence-electron chi connectivity index (χ2n) is 9.50. The molecule has 3 rings (SSSR count). The van der Waals surface area contributed by atoms with Crippen LogP contribution < -0.4 is 5.32 Å². The van der Waals surface area contributed by atoms with E-state index in [-0.39, 0.29) is 35.2 Å². The van der Waals surface area contributed by atoms with E-state index < -0.39 is 47.3 Å². The molecule has 0 spiro atoms. The third-order valence-corrected chi connectivity index (χ3v) is 6.95. The van der Waals surface area contributed by atoms with Crippen LogP contribution in [0.4, 0.5) is 22.0 Å². The predicted molar refractivity (Wildman–Crippen MR) is 122 cm³/mol. The van der Waals surface area contributed by atoms with Crippen molar-refractivity contribution in [1.82, 2.24) is 14.9 Å². The van der Waals surface area contributed by atoms with Gasteiger partial charge in [0.05, 0.1) is 11.5 Å². The Kier molecular flexibility index (Phi) is 8.16. The first-order valence-electron chi connectivity index (χ1n) is 11.6. The number of hydrogen-bond donors (Lipinski definition) is 2. The van der Waals surface area contributed by atoms with Crippen molar-refractivity contribution in [2.24, 2.45) is 11.8 Å². The van der Waals surface area contributed by atoms with Crippen LogP contribution in [-0.4, -0.2) is 38.9 Å². The van der Waals surface area contributed by atoms with E-state index in [1.165, 1.54) is 0 Å². The van der Waals surface area contributed by atoms with Crippen LogP contribution in [0, 0.1) is 23.5 Å². The summed E-state index contributed by atoms with van der Waals surface area (Å²) in [6.07, 6.45) is -2.19. The number of aliphatic hydroxyl groups is 1.